The molecule has 0 aromatic heterocycles. The van der Waals surface area contributed by atoms with Crippen molar-refractivity contribution in [1.29, 1.82) is 0 Å². The Morgan fingerprint density at radius 2 is 1.19 bits per heavy atom. The molecule has 2 rings (SSSR count). The number of benzene rings is 2. The largest absolute Gasteiger partial charge is 0.488 e. The van der Waals surface area contributed by atoms with E-state index in [2.05, 4.69) is 0 Å². The van der Waals surface area contributed by atoms with Crippen LogP contribution in [0, 0.1) is 0 Å². The fourth-order valence-corrected chi connectivity index (χ4v) is 1.52. The molecule has 0 heterocycles. The number of rotatable bonds is 2. The van der Waals surface area contributed by atoms with E-state index in [0.29, 0.717) is 5.46 Å². The van der Waals surface area contributed by atoms with E-state index in [1.54, 1.807) is 12.1 Å². The molecule has 80 valence electrons. The molecule has 2 aromatic carbocycles. The van der Waals surface area contributed by atoms with Crippen molar-refractivity contribution in [2.45, 2.75) is 0 Å². The van der Waals surface area contributed by atoms with Gasteiger partial charge < -0.3 is 15.8 Å². The number of nitrogen functional groups attached to an aromatic ring is 1. The van der Waals surface area contributed by atoms with Gasteiger partial charge in [-0.15, -0.1) is 0 Å². The van der Waals surface area contributed by atoms with Crippen LogP contribution in [0.2, 0.25) is 0 Å². The van der Waals surface area contributed by atoms with Crippen molar-refractivity contribution in [3.05, 3.63) is 48.5 Å². The number of hydrogen-bond acceptors (Lipinski definition) is 3. The molecule has 0 bridgehead atoms. The molecule has 2 aromatic rings. The molecule has 4 heteroatoms. The first kappa shape index (κ1) is 10.7. The van der Waals surface area contributed by atoms with Crippen molar-refractivity contribution in [2.24, 2.45) is 0 Å². The van der Waals surface area contributed by atoms with Crippen molar-refractivity contribution >= 4 is 18.3 Å². The highest BCUT2D eigenvalue weighted by Gasteiger charge is 2.09. The summed E-state index contributed by atoms with van der Waals surface area (Å²) in [7, 11) is -1.42. The van der Waals surface area contributed by atoms with Crippen LogP contribution in [-0.2, 0) is 0 Å². The highest BCUT2D eigenvalue weighted by molar-refractivity contribution is 6.58. The van der Waals surface area contributed by atoms with Gasteiger partial charge in [0.05, 0.1) is 0 Å². The summed E-state index contributed by atoms with van der Waals surface area (Å²) in [6.45, 7) is 0. The van der Waals surface area contributed by atoms with Gasteiger partial charge in [-0.3, -0.25) is 0 Å². The Balaban J connectivity index is 2.31. The minimum absolute atomic E-state index is 0.485. The molecule has 0 spiro atoms. The first-order valence-corrected chi connectivity index (χ1v) is 4.99. The minimum atomic E-state index is -1.42. The Hall–Kier alpha value is -1.78. The van der Waals surface area contributed by atoms with Gasteiger partial charge in [-0.25, -0.2) is 0 Å². The second kappa shape index (κ2) is 4.39. The quantitative estimate of drug-likeness (QED) is 0.505. The van der Waals surface area contributed by atoms with Gasteiger partial charge >= 0.3 is 7.12 Å². The number of nitrogens with two attached hydrogens (primary N) is 1. The van der Waals surface area contributed by atoms with Gasteiger partial charge in [0, 0.05) is 5.69 Å². The van der Waals surface area contributed by atoms with Crippen LogP contribution >= 0.6 is 0 Å². The fourth-order valence-electron chi connectivity index (χ4n) is 1.52. The van der Waals surface area contributed by atoms with Crippen LogP contribution in [0.5, 0.6) is 0 Å². The summed E-state index contributed by atoms with van der Waals surface area (Å²) in [6.07, 6.45) is 0. The summed E-state index contributed by atoms with van der Waals surface area (Å²) in [5, 5.41) is 17.9. The summed E-state index contributed by atoms with van der Waals surface area (Å²) >= 11 is 0. The van der Waals surface area contributed by atoms with E-state index >= 15 is 0 Å². The van der Waals surface area contributed by atoms with Gasteiger partial charge in [0.1, 0.15) is 0 Å². The summed E-state index contributed by atoms with van der Waals surface area (Å²) < 4.78 is 0. The third kappa shape index (κ3) is 2.24. The molecule has 0 radical (unpaired) electrons. The summed E-state index contributed by atoms with van der Waals surface area (Å²) in [4.78, 5) is 0. The third-order valence-electron chi connectivity index (χ3n) is 2.45. The van der Waals surface area contributed by atoms with E-state index in [4.69, 9.17) is 15.8 Å². The first-order chi connectivity index (χ1) is 7.66. The molecule has 0 aliphatic carbocycles. The monoisotopic (exact) mass is 213 g/mol. The second-order valence-electron chi connectivity index (χ2n) is 3.62. The second-order valence-corrected chi connectivity index (χ2v) is 3.62. The summed E-state index contributed by atoms with van der Waals surface area (Å²) in [6, 6.07) is 14.6. The van der Waals surface area contributed by atoms with Crippen molar-refractivity contribution in [1.82, 2.24) is 0 Å². The van der Waals surface area contributed by atoms with Crippen molar-refractivity contribution in [2.75, 3.05) is 5.73 Å². The first-order valence-electron chi connectivity index (χ1n) is 4.99. The Morgan fingerprint density at radius 1 is 0.750 bits per heavy atom. The van der Waals surface area contributed by atoms with Gasteiger partial charge in [0.15, 0.2) is 0 Å². The van der Waals surface area contributed by atoms with Crippen LogP contribution in [0.25, 0.3) is 11.1 Å². The lowest BCUT2D eigenvalue weighted by Crippen LogP contribution is -2.29. The Labute approximate surface area is 94.3 Å². The van der Waals surface area contributed by atoms with E-state index in [9.17, 15) is 0 Å². The SMILES string of the molecule is Nc1ccc(-c2ccc(B(O)O)cc2)cc1. The molecular weight excluding hydrogens is 201 g/mol. The minimum Gasteiger partial charge on any atom is -0.423 e. The van der Waals surface area contributed by atoms with E-state index in [-0.39, 0.29) is 0 Å². The summed E-state index contributed by atoms with van der Waals surface area (Å²) in [5.74, 6) is 0. The fraction of sp³-hybridized carbons (Fsp3) is 0. The van der Waals surface area contributed by atoms with Gasteiger partial charge in [-0.05, 0) is 28.7 Å². The molecule has 0 fully saturated rings. The summed E-state index contributed by atoms with van der Waals surface area (Å²) in [5.41, 5.74) is 8.88. The van der Waals surface area contributed by atoms with Gasteiger partial charge in [0.25, 0.3) is 0 Å². The standard InChI is InChI=1S/C12H12BNO2/c14-12-7-3-10(4-8-12)9-1-5-11(6-2-9)13(15)16/h1-8,15-16H,14H2. The molecule has 0 aliphatic heterocycles. The third-order valence-corrected chi connectivity index (χ3v) is 2.45. The van der Waals surface area contributed by atoms with Crippen LogP contribution in [-0.4, -0.2) is 17.2 Å². The number of hydrogen-bond donors (Lipinski definition) is 3. The lowest BCUT2D eigenvalue weighted by molar-refractivity contribution is 0.426. The molecule has 0 amide bonds. The maximum absolute atomic E-state index is 8.96. The van der Waals surface area contributed by atoms with E-state index in [1.807, 2.05) is 36.4 Å². The highest BCUT2D eigenvalue weighted by Crippen LogP contribution is 2.19. The Morgan fingerprint density at radius 3 is 1.62 bits per heavy atom. The molecule has 3 nitrogen and oxygen atoms in total. The normalized spacial score (nSPS) is 10.1. The van der Waals surface area contributed by atoms with E-state index in [1.165, 1.54) is 0 Å². The van der Waals surface area contributed by atoms with Crippen molar-refractivity contribution in [3.63, 3.8) is 0 Å². The molecule has 0 unspecified atom stereocenters. The smallest absolute Gasteiger partial charge is 0.423 e. The lowest BCUT2D eigenvalue weighted by Gasteiger charge is -2.04. The molecule has 0 atom stereocenters. The van der Waals surface area contributed by atoms with Crippen LogP contribution in [0.4, 0.5) is 5.69 Å². The topological polar surface area (TPSA) is 66.5 Å². The van der Waals surface area contributed by atoms with E-state index < -0.39 is 7.12 Å². The van der Waals surface area contributed by atoms with Crippen molar-refractivity contribution < 1.29 is 10.0 Å². The van der Waals surface area contributed by atoms with Crippen LogP contribution < -0.4 is 11.2 Å². The highest BCUT2D eigenvalue weighted by atomic mass is 16.4. The maximum atomic E-state index is 8.96. The molecule has 0 aliphatic rings. The molecule has 0 saturated carbocycles. The predicted molar refractivity (Wildman–Crippen MR) is 66.1 cm³/mol. The van der Waals surface area contributed by atoms with Gasteiger partial charge in [0.2, 0.25) is 0 Å². The molecular formula is C12H12BNO2. The zero-order valence-electron chi connectivity index (χ0n) is 8.67. The van der Waals surface area contributed by atoms with Gasteiger partial charge in [-0.1, -0.05) is 36.4 Å². The molecule has 16 heavy (non-hydrogen) atoms. The number of anilines is 1. The van der Waals surface area contributed by atoms with Gasteiger partial charge in [-0.2, -0.15) is 0 Å². The lowest BCUT2D eigenvalue weighted by atomic mass is 9.80. The van der Waals surface area contributed by atoms with Crippen LogP contribution in [0.1, 0.15) is 0 Å². The van der Waals surface area contributed by atoms with Crippen LogP contribution in [0.15, 0.2) is 48.5 Å². The zero-order valence-corrected chi connectivity index (χ0v) is 8.67. The van der Waals surface area contributed by atoms with Crippen LogP contribution in [0.3, 0.4) is 0 Å². The molecule has 4 N–H and O–H groups in total. The Kier molecular flexibility index (Phi) is 2.94. The average molecular weight is 213 g/mol. The van der Waals surface area contributed by atoms with Crippen molar-refractivity contribution in [3.8, 4) is 11.1 Å². The Bertz CT molecular complexity index is 465. The maximum Gasteiger partial charge on any atom is 0.488 e. The predicted octanol–water partition coefficient (Wildman–Crippen LogP) is 0.616. The average Bonchev–Trinajstić information content (AvgIpc) is 2.30. The zero-order chi connectivity index (χ0) is 11.5. The van der Waals surface area contributed by atoms with E-state index in [0.717, 1.165) is 16.8 Å². The molecule has 0 saturated heterocycles.